The molecule has 0 spiro atoms. The molecule has 4 rings (SSSR count). The summed E-state index contributed by atoms with van der Waals surface area (Å²) in [5.41, 5.74) is 6.57. The number of allylic oxidation sites excluding steroid dienone is 1. The van der Waals surface area contributed by atoms with E-state index in [2.05, 4.69) is 29.7 Å². The van der Waals surface area contributed by atoms with Gasteiger partial charge >= 0.3 is 5.97 Å². The minimum Gasteiger partial charge on any atom is -0.465 e. The van der Waals surface area contributed by atoms with Crippen LogP contribution in [0.1, 0.15) is 42.3 Å². The number of benzene rings is 1. The third kappa shape index (κ3) is 3.79. The number of amides is 1. The molecular weight excluding hydrogens is 404 g/mol. The van der Waals surface area contributed by atoms with E-state index >= 15 is 0 Å². The summed E-state index contributed by atoms with van der Waals surface area (Å²) < 4.78 is 12.9. The molecule has 6 nitrogen and oxygen atoms in total. The van der Waals surface area contributed by atoms with Crippen LogP contribution in [0.5, 0.6) is 0 Å². The molecule has 1 fully saturated rings. The zero-order valence-electron chi connectivity index (χ0n) is 19.4. The van der Waals surface area contributed by atoms with Gasteiger partial charge in [0.15, 0.2) is 0 Å². The molecule has 3 heterocycles. The van der Waals surface area contributed by atoms with Crippen LogP contribution in [0.15, 0.2) is 47.2 Å². The summed E-state index contributed by atoms with van der Waals surface area (Å²) in [6, 6.07) is 10.3. The molecule has 1 saturated heterocycles. The summed E-state index contributed by atoms with van der Waals surface area (Å²) in [7, 11) is 1.34. The number of ether oxygens (including phenoxy) is 2. The van der Waals surface area contributed by atoms with Crippen molar-refractivity contribution in [3.05, 3.63) is 69.7 Å². The zero-order valence-corrected chi connectivity index (χ0v) is 19.4. The Bertz CT molecular complexity index is 1130. The smallest absolute Gasteiger partial charge is 0.340 e. The van der Waals surface area contributed by atoms with Gasteiger partial charge in [0.25, 0.3) is 5.91 Å². The van der Waals surface area contributed by atoms with Crippen molar-refractivity contribution in [1.29, 1.82) is 0 Å². The lowest BCUT2D eigenvalue weighted by Gasteiger charge is -2.21. The van der Waals surface area contributed by atoms with E-state index in [0.29, 0.717) is 30.0 Å². The molecule has 1 aromatic carbocycles. The monoisotopic (exact) mass is 434 g/mol. The molecular formula is C26H30N2O4. The van der Waals surface area contributed by atoms with Crippen molar-refractivity contribution >= 4 is 18.0 Å². The summed E-state index contributed by atoms with van der Waals surface area (Å²) >= 11 is 0. The van der Waals surface area contributed by atoms with Crippen molar-refractivity contribution < 1.29 is 19.1 Å². The fourth-order valence-electron chi connectivity index (χ4n) is 4.71. The second kappa shape index (κ2) is 8.79. The highest BCUT2D eigenvalue weighted by Gasteiger charge is 2.38. The van der Waals surface area contributed by atoms with Crippen LogP contribution in [-0.4, -0.2) is 47.7 Å². The van der Waals surface area contributed by atoms with Crippen LogP contribution >= 0.6 is 0 Å². The van der Waals surface area contributed by atoms with Crippen LogP contribution in [0, 0.1) is 20.8 Å². The van der Waals surface area contributed by atoms with Crippen molar-refractivity contribution in [3.63, 3.8) is 0 Å². The predicted octanol–water partition coefficient (Wildman–Crippen LogP) is 4.25. The molecule has 2 aromatic rings. The lowest BCUT2D eigenvalue weighted by molar-refractivity contribution is -0.136. The van der Waals surface area contributed by atoms with Gasteiger partial charge in [-0.05, 0) is 69.9 Å². The Labute approximate surface area is 189 Å². The van der Waals surface area contributed by atoms with Gasteiger partial charge in [-0.15, -0.1) is 0 Å². The Morgan fingerprint density at radius 2 is 1.97 bits per heavy atom. The highest BCUT2D eigenvalue weighted by molar-refractivity contribution is 6.16. The first-order valence-corrected chi connectivity index (χ1v) is 11.0. The van der Waals surface area contributed by atoms with Crippen molar-refractivity contribution in [2.24, 2.45) is 0 Å². The maximum atomic E-state index is 13.4. The molecule has 6 heteroatoms. The SMILES string of the molecule is COC(=O)C1=C(C)N(CC2CCCO2)C(=O)/C1=C\c1cc(C)n(-c2ccccc2C)c1C. The predicted molar refractivity (Wildman–Crippen MR) is 123 cm³/mol. The minimum atomic E-state index is -0.496. The average molecular weight is 435 g/mol. The largest absolute Gasteiger partial charge is 0.465 e. The normalized spacial score (nSPS) is 20.0. The second-order valence-electron chi connectivity index (χ2n) is 8.51. The molecule has 0 aliphatic carbocycles. The van der Waals surface area contributed by atoms with Gasteiger partial charge in [-0.1, -0.05) is 18.2 Å². The van der Waals surface area contributed by atoms with E-state index in [1.54, 1.807) is 11.8 Å². The van der Waals surface area contributed by atoms with Gasteiger partial charge in [0.2, 0.25) is 0 Å². The van der Waals surface area contributed by atoms with E-state index in [1.165, 1.54) is 12.7 Å². The van der Waals surface area contributed by atoms with E-state index in [-0.39, 0.29) is 12.0 Å². The fourth-order valence-corrected chi connectivity index (χ4v) is 4.71. The second-order valence-corrected chi connectivity index (χ2v) is 8.51. The molecule has 1 atom stereocenters. The Morgan fingerprint density at radius 3 is 2.62 bits per heavy atom. The lowest BCUT2D eigenvalue weighted by Crippen LogP contribution is -2.33. The van der Waals surface area contributed by atoms with Crippen molar-refractivity contribution in [3.8, 4) is 5.69 Å². The summed E-state index contributed by atoms with van der Waals surface area (Å²) in [5.74, 6) is -0.677. The van der Waals surface area contributed by atoms with Crippen molar-refractivity contribution in [2.45, 2.75) is 46.6 Å². The third-order valence-electron chi connectivity index (χ3n) is 6.44. The molecule has 0 bridgehead atoms. The molecule has 0 N–H and O–H groups in total. The van der Waals surface area contributed by atoms with Crippen LogP contribution in [0.25, 0.3) is 11.8 Å². The van der Waals surface area contributed by atoms with Crippen LogP contribution in [-0.2, 0) is 19.1 Å². The van der Waals surface area contributed by atoms with Crippen LogP contribution in [0.3, 0.4) is 0 Å². The number of aromatic nitrogens is 1. The number of aryl methyl sites for hydroxylation is 2. The molecule has 2 aliphatic rings. The van der Waals surface area contributed by atoms with E-state index in [0.717, 1.165) is 35.5 Å². The first kappa shape index (κ1) is 22.1. The molecule has 0 saturated carbocycles. The molecule has 1 unspecified atom stereocenters. The zero-order chi connectivity index (χ0) is 23.0. The number of carbonyl (C=O) groups is 2. The van der Waals surface area contributed by atoms with Crippen LogP contribution < -0.4 is 0 Å². The van der Waals surface area contributed by atoms with Gasteiger partial charge in [0, 0.05) is 29.4 Å². The maximum Gasteiger partial charge on any atom is 0.340 e. The average Bonchev–Trinajstić information content (AvgIpc) is 3.44. The maximum absolute atomic E-state index is 13.4. The van der Waals surface area contributed by atoms with Gasteiger partial charge in [-0.3, -0.25) is 4.79 Å². The molecule has 168 valence electrons. The Hall–Kier alpha value is -3.12. The highest BCUT2D eigenvalue weighted by Crippen LogP contribution is 2.34. The van der Waals surface area contributed by atoms with Crippen molar-refractivity contribution in [1.82, 2.24) is 9.47 Å². The standard InChI is InChI=1S/C26H30N2O4/c1-16-9-6-7-11-23(16)28-17(2)13-20(18(28)3)14-22-24(26(30)31-5)19(4)27(25(22)29)15-21-10-8-12-32-21/h6-7,9,11,13-14,21H,8,10,12,15H2,1-5H3/b22-14-. The van der Waals surface area contributed by atoms with E-state index in [9.17, 15) is 9.59 Å². The lowest BCUT2D eigenvalue weighted by atomic mass is 10.0. The molecule has 32 heavy (non-hydrogen) atoms. The van der Waals surface area contributed by atoms with Crippen LogP contribution in [0.4, 0.5) is 0 Å². The summed E-state index contributed by atoms with van der Waals surface area (Å²) in [5, 5.41) is 0. The van der Waals surface area contributed by atoms with Crippen molar-refractivity contribution in [2.75, 3.05) is 20.3 Å². The molecule has 1 amide bonds. The van der Waals surface area contributed by atoms with E-state index in [4.69, 9.17) is 9.47 Å². The number of hydrogen-bond acceptors (Lipinski definition) is 4. The highest BCUT2D eigenvalue weighted by atomic mass is 16.5. The Kier molecular flexibility index (Phi) is 6.07. The number of nitrogens with zero attached hydrogens (tertiary/aromatic N) is 2. The van der Waals surface area contributed by atoms with Gasteiger partial charge < -0.3 is 18.9 Å². The number of hydrogen-bond donors (Lipinski definition) is 0. The van der Waals surface area contributed by atoms with E-state index in [1.807, 2.05) is 32.1 Å². The fraction of sp³-hybridized carbons (Fsp3) is 0.385. The van der Waals surface area contributed by atoms with Gasteiger partial charge in [0.1, 0.15) is 0 Å². The minimum absolute atomic E-state index is 0.00160. The summed E-state index contributed by atoms with van der Waals surface area (Å²) in [6.07, 6.45) is 3.73. The quantitative estimate of drug-likeness (QED) is 0.521. The number of carbonyl (C=O) groups excluding carboxylic acids is 2. The Balaban J connectivity index is 1.77. The first-order valence-electron chi connectivity index (χ1n) is 11.0. The Morgan fingerprint density at radius 1 is 1.22 bits per heavy atom. The third-order valence-corrected chi connectivity index (χ3v) is 6.44. The topological polar surface area (TPSA) is 60.8 Å². The van der Waals surface area contributed by atoms with Gasteiger partial charge in [0.05, 0.1) is 30.9 Å². The summed E-state index contributed by atoms with van der Waals surface area (Å²) in [4.78, 5) is 27.7. The summed E-state index contributed by atoms with van der Waals surface area (Å²) in [6.45, 7) is 9.12. The molecule has 2 aliphatic heterocycles. The van der Waals surface area contributed by atoms with E-state index < -0.39 is 5.97 Å². The first-order chi connectivity index (χ1) is 15.3. The van der Waals surface area contributed by atoms with Crippen LogP contribution in [0.2, 0.25) is 0 Å². The van der Waals surface area contributed by atoms with Gasteiger partial charge in [-0.25, -0.2) is 4.79 Å². The number of esters is 1. The number of para-hydroxylation sites is 1. The number of rotatable bonds is 5. The number of methoxy groups -OCH3 is 1. The molecule has 1 aromatic heterocycles. The van der Waals surface area contributed by atoms with Gasteiger partial charge in [-0.2, -0.15) is 0 Å². The molecule has 0 radical (unpaired) electrons.